The van der Waals surface area contributed by atoms with Crippen molar-refractivity contribution >= 4 is 28.5 Å². The number of benzene rings is 2. The summed E-state index contributed by atoms with van der Waals surface area (Å²) in [5, 5.41) is 7.25. The molecule has 26 heavy (non-hydrogen) atoms. The molecule has 1 N–H and O–H groups in total. The first kappa shape index (κ1) is 17.4. The highest BCUT2D eigenvalue weighted by atomic mass is 16.7. The zero-order valence-electron chi connectivity index (χ0n) is 14.7. The first-order valence-corrected chi connectivity index (χ1v) is 8.06. The first-order chi connectivity index (χ1) is 12.4. The van der Waals surface area contributed by atoms with Gasteiger partial charge in [0.2, 0.25) is 0 Å². The van der Waals surface area contributed by atoms with Crippen LogP contribution in [0.4, 0.5) is 5.69 Å². The third-order valence-electron chi connectivity index (χ3n) is 3.64. The van der Waals surface area contributed by atoms with Crippen molar-refractivity contribution in [1.82, 2.24) is 0 Å². The second kappa shape index (κ2) is 7.23. The number of nitrogens with zero attached hydrogens (tertiary/aromatic N) is 1. The molecule has 132 valence electrons. The third kappa shape index (κ3) is 3.97. The number of fused-ring (bicyclic) bond motifs is 1. The number of aryl methyl sites for hydroxylation is 2. The van der Waals surface area contributed by atoms with E-state index < -0.39 is 11.9 Å². The van der Waals surface area contributed by atoms with E-state index in [1.54, 1.807) is 18.2 Å². The molecular formula is C20H18N2O4. The van der Waals surface area contributed by atoms with E-state index in [2.05, 4.69) is 15.3 Å². The molecule has 6 nitrogen and oxygen atoms in total. The molecule has 1 amide bonds. The lowest BCUT2D eigenvalue weighted by molar-refractivity contribution is -0.141. The monoisotopic (exact) mass is 350 g/mol. The second-order valence-electron chi connectivity index (χ2n) is 6.01. The Morgan fingerprint density at radius 1 is 1.04 bits per heavy atom. The van der Waals surface area contributed by atoms with Gasteiger partial charge in [0.15, 0.2) is 0 Å². The molecule has 0 radical (unpaired) electrons. The molecule has 3 rings (SSSR count). The van der Waals surface area contributed by atoms with Crippen molar-refractivity contribution in [3.05, 3.63) is 70.8 Å². The fourth-order valence-electron chi connectivity index (χ4n) is 2.65. The van der Waals surface area contributed by atoms with Gasteiger partial charge in [0.1, 0.15) is 11.1 Å². The standard InChI is InChI=1S/C20H18N2O4/c1-12-8-13(2)10-16(9-12)21-19(24)17-11-15-6-4-5-7-18(15)25-20(17)22-26-14(3)23/h4-11H,1-3H3,(H,21,24). The quantitative estimate of drug-likeness (QED) is 0.577. The minimum absolute atomic E-state index is 0.0687. The van der Waals surface area contributed by atoms with E-state index in [0.717, 1.165) is 16.5 Å². The van der Waals surface area contributed by atoms with Crippen LogP contribution in [-0.4, -0.2) is 11.9 Å². The SMILES string of the molecule is CC(=O)ON=c1oc2ccccc2cc1C(=O)Nc1cc(C)cc(C)c1. The van der Waals surface area contributed by atoms with E-state index >= 15 is 0 Å². The van der Waals surface area contributed by atoms with E-state index in [1.807, 2.05) is 44.2 Å². The van der Waals surface area contributed by atoms with Crippen molar-refractivity contribution in [1.29, 1.82) is 0 Å². The average Bonchev–Trinajstić information content (AvgIpc) is 2.58. The van der Waals surface area contributed by atoms with Crippen molar-refractivity contribution in [3.8, 4) is 0 Å². The number of anilines is 1. The molecule has 0 bridgehead atoms. The molecular weight excluding hydrogens is 332 g/mol. The van der Waals surface area contributed by atoms with Crippen LogP contribution in [0.2, 0.25) is 0 Å². The molecule has 3 aromatic rings. The maximum Gasteiger partial charge on any atom is 0.332 e. The largest absolute Gasteiger partial charge is 0.435 e. The second-order valence-corrected chi connectivity index (χ2v) is 6.01. The van der Waals surface area contributed by atoms with E-state index in [-0.39, 0.29) is 11.1 Å². The summed E-state index contributed by atoms with van der Waals surface area (Å²) in [5.74, 6) is -1.01. The van der Waals surface area contributed by atoms with Gasteiger partial charge in [0, 0.05) is 18.0 Å². The fraction of sp³-hybridized carbons (Fsp3) is 0.150. The Hall–Kier alpha value is -3.41. The zero-order valence-corrected chi connectivity index (χ0v) is 14.7. The maximum absolute atomic E-state index is 12.8. The van der Waals surface area contributed by atoms with Gasteiger partial charge in [-0.3, -0.25) is 4.79 Å². The van der Waals surface area contributed by atoms with Crippen LogP contribution >= 0.6 is 0 Å². The molecule has 0 aliphatic heterocycles. The highest BCUT2D eigenvalue weighted by Crippen LogP contribution is 2.16. The minimum Gasteiger partial charge on any atom is -0.435 e. The van der Waals surface area contributed by atoms with Crippen LogP contribution in [0.25, 0.3) is 11.0 Å². The van der Waals surface area contributed by atoms with Crippen molar-refractivity contribution in [2.75, 3.05) is 5.32 Å². The Balaban J connectivity index is 2.06. The summed E-state index contributed by atoms with van der Waals surface area (Å²) in [4.78, 5) is 28.5. The number of nitrogens with one attached hydrogen (secondary N) is 1. The predicted molar refractivity (Wildman–Crippen MR) is 97.4 cm³/mol. The smallest absolute Gasteiger partial charge is 0.332 e. The van der Waals surface area contributed by atoms with Gasteiger partial charge in [0.05, 0.1) is 0 Å². The Labute approximate surface area is 150 Å². The summed E-state index contributed by atoms with van der Waals surface area (Å²) in [6.45, 7) is 5.13. The van der Waals surface area contributed by atoms with E-state index in [4.69, 9.17) is 4.42 Å². The summed E-state index contributed by atoms with van der Waals surface area (Å²) in [7, 11) is 0. The summed E-state index contributed by atoms with van der Waals surface area (Å²) in [6.07, 6.45) is 0. The number of hydrogen-bond donors (Lipinski definition) is 1. The van der Waals surface area contributed by atoms with Crippen molar-refractivity contribution < 1.29 is 18.8 Å². The topological polar surface area (TPSA) is 80.9 Å². The lowest BCUT2D eigenvalue weighted by atomic mass is 10.1. The van der Waals surface area contributed by atoms with Crippen LogP contribution in [0.1, 0.15) is 28.4 Å². The van der Waals surface area contributed by atoms with Crippen LogP contribution in [0.3, 0.4) is 0 Å². The average molecular weight is 350 g/mol. The number of carbonyl (C=O) groups excluding carboxylic acids is 2. The molecule has 0 saturated heterocycles. The van der Waals surface area contributed by atoms with Crippen LogP contribution in [0.5, 0.6) is 0 Å². The molecule has 0 atom stereocenters. The number of amides is 1. The lowest BCUT2D eigenvalue weighted by Gasteiger charge is -2.08. The van der Waals surface area contributed by atoms with Crippen molar-refractivity contribution in [3.63, 3.8) is 0 Å². The predicted octanol–water partition coefficient (Wildman–Crippen LogP) is 3.68. The first-order valence-electron chi connectivity index (χ1n) is 8.06. The van der Waals surface area contributed by atoms with Crippen LogP contribution in [0.15, 0.2) is 58.1 Å². The fourth-order valence-corrected chi connectivity index (χ4v) is 2.65. The molecule has 0 unspecified atom stereocenters. The Kier molecular flexibility index (Phi) is 4.84. The van der Waals surface area contributed by atoms with E-state index in [1.165, 1.54) is 6.92 Å². The van der Waals surface area contributed by atoms with Gasteiger partial charge in [0.25, 0.3) is 11.5 Å². The Bertz CT molecular complexity index is 1050. The normalized spacial score (nSPS) is 11.4. The number of carbonyl (C=O) groups is 2. The van der Waals surface area contributed by atoms with E-state index in [9.17, 15) is 9.59 Å². The number of para-hydroxylation sites is 1. The van der Waals surface area contributed by atoms with Crippen LogP contribution in [-0.2, 0) is 9.63 Å². The molecule has 0 spiro atoms. The summed E-state index contributed by atoms with van der Waals surface area (Å²) in [6, 6.07) is 14.6. The van der Waals surface area contributed by atoms with Crippen LogP contribution in [0, 0.1) is 13.8 Å². The van der Waals surface area contributed by atoms with Crippen LogP contribution < -0.4 is 10.9 Å². The summed E-state index contributed by atoms with van der Waals surface area (Å²) < 4.78 is 5.64. The number of rotatable bonds is 3. The molecule has 0 aliphatic carbocycles. The minimum atomic E-state index is -0.603. The molecule has 0 fully saturated rings. The number of hydrogen-bond acceptors (Lipinski definition) is 5. The third-order valence-corrected chi connectivity index (χ3v) is 3.64. The van der Waals surface area contributed by atoms with Crippen molar-refractivity contribution in [2.45, 2.75) is 20.8 Å². The lowest BCUT2D eigenvalue weighted by Crippen LogP contribution is -2.22. The molecule has 1 aromatic heterocycles. The molecule has 0 saturated carbocycles. The van der Waals surface area contributed by atoms with Gasteiger partial charge < -0.3 is 14.6 Å². The van der Waals surface area contributed by atoms with Gasteiger partial charge in [-0.25, -0.2) is 4.79 Å². The van der Waals surface area contributed by atoms with Gasteiger partial charge in [-0.1, -0.05) is 24.3 Å². The molecule has 1 heterocycles. The van der Waals surface area contributed by atoms with Gasteiger partial charge in [-0.15, -0.1) is 0 Å². The Morgan fingerprint density at radius 2 is 1.73 bits per heavy atom. The highest BCUT2D eigenvalue weighted by Gasteiger charge is 2.14. The molecule has 0 aliphatic rings. The summed E-state index contributed by atoms with van der Waals surface area (Å²) >= 11 is 0. The Morgan fingerprint density at radius 3 is 2.42 bits per heavy atom. The van der Waals surface area contributed by atoms with Gasteiger partial charge in [-0.05, 0) is 54.4 Å². The van der Waals surface area contributed by atoms with Gasteiger partial charge >= 0.3 is 5.97 Å². The van der Waals surface area contributed by atoms with E-state index in [0.29, 0.717) is 11.3 Å². The molecule has 2 aromatic carbocycles. The highest BCUT2D eigenvalue weighted by molar-refractivity contribution is 6.05. The zero-order chi connectivity index (χ0) is 18.7. The van der Waals surface area contributed by atoms with Crippen molar-refractivity contribution in [2.24, 2.45) is 5.16 Å². The molecule has 6 heteroatoms. The maximum atomic E-state index is 12.8. The summed E-state index contributed by atoms with van der Waals surface area (Å²) in [5.41, 5.74) is 3.37. The van der Waals surface area contributed by atoms with Gasteiger partial charge in [-0.2, -0.15) is 0 Å².